The Bertz CT molecular complexity index is 332. The molecule has 0 heterocycles. The Morgan fingerprint density at radius 3 is 1.33 bits per heavy atom. The quantitative estimate of drug-likeness (QED) is 0.187. The van der Waals surface area contributed by atoms with Gasteiger partial charge in [-0.2, -0.15) is 0 Å². The van der Waals surface area contributed by atoms with Gasteiger partial charge in [-0.1, -0.05) is 117 Å². The van der Waals surface area contributed by atoms with Gasteiger partial charge in [0, 0.05) is 18.4 Å². The summed E-state index contributed by atoms with van der Waals surface area (Å²) < 4.78 is 0. The van der Waals surface area contributed by atoms with E-state index in [0.29, 0.717) is 0 Å². The van der Waals surface area contributed by atoms with E-state index in [-0.39, 0.29) is 31.3 Å². The van der Waals surface area contributed by atoms with Crippen molar-refractivity contribution in [2.24, 2.45) is 0 Å². The van der Waals surface area contributed by atoms with E-state index in [1.807, 2.05) is 0 Å². The van der Waals surface area contributed by atoms with Crippen molar-refractivity contribution in [2.45, 2.75) is 149 Å². The van der Waals surface area contributed by atoms with Crippen LogP contribution in [0, 0.1) is 0 Å². The van der Waals surface area contributed by atoms with E-state index in [9.17, 15) is 9.90 Å². The summed E-state index contributed by atoms with van der Waals surface area (Å²) >= 11 is 0. The van der Waals surface area contributed by atoms with E-state index in [4.69, 9.17) is 0 Å². The van der Waals surface area contributed by atoms with Crippen LogP contribution in [0.15, 0.2) is 0 Å². The van der Waals surface area contributed by atoms with Gasteiger partial charge < -0.3 is 14.8 Å². The van der Waals surface area contributed by atoms with Crippen LogP contribution in [-0.2, 0) is 4.79 Å². The number of nitrogens with zero attached hydrogens (tertiary/aromatic N) is 1. The summed E-state index contributed by atoms with van der Waals surface area (Å²) in [6.07, 6.45) is 23.4. The molecule has 0 aliphatic carbocycles. The standard InChI is InChI=1S/C26H53NO2.Li/c1-4-7-9-11-13-15-17-19-22-27(25(21-6-3)24-26(28)29)23-20-18-16-14-12-10-8-5-2;/h25H,4-24H2,1-3H3,(H,28,29);/q;+1/p-1. The van der Waals surface area contributed by atoms with Gasteiger partial charge in [0.05, 0.1) is 0 Å². The van der Waals surface area contributed by atoms with Gasteiger partial charge in [-0.25, -0.2) is 0 Å². The van der Waals surface area contributed by atoms with Gasteiger partial charge in [0.15, 0.2) is 0 Å². The fourth-order valence-corrected chi connectivity index (χ4v) is 4.31. The number of unbranched alkanes of at least 4 members (excludes halogenated alkanes) is 14. The fraction of sp³-hybridized carbons (Fsp3) is 0.962. The van der Waals surface area contributed by atoms with Gasteiger partial charge in [-0.05, 0) is 32.4 Å². The Balaban J connectivity index is 0. The molecule has 1 unspecified atom stereocenters. The van der Waals surface area contributed by atoms with E-state index < -0.39 is 5.97 Å². The first-order valence-corrected chi connectivity index (χ1v) is 13.1. The molecule has 1 atom stereocenters. The normalized spacial score (nSPS) is 12.1. The number of hydrogen-bond donors (Lipinski definition) is 0. The maximum absolute atomic E-state index is 11.3. The molecule has 0 rings (SSSR count). The van der Waals surface area contributed by atoms with Crippen molar-refractivity contribution in [2.75, 3.05) is 13.1 Å². The first-order chi connectivity index (χ1) is 14.2. The van der Waals surface area contributed by atoms with Crippen LogP contribution in [0.25, 0.3) is 0 Å². The summed E-state index contributed by atoms with van der Waals surface area (Å²) in [6.45, 7) is 8.81. The van der Waals surface area contributed by atoms with E-state index >= 15 is 0 Å². The number of carboxylic acids is 1. The molecule has 4 heteroatoms. The second-order valence-electron chi connectivity index (χ2n) is 9.00. The molecule has 174 valence electrons. The molecule has 0 N–H and O–H groups in total. The molecule has 0 bridgehead atoms. The van der Waals surface area contributed by atoms with Crippen molar-refractivity contribution in [3.8, 4) is 0 Å². The number of rotatable bonds is 23. The van der Waals surface area contributed by atoms with Crippen LogP contribution in [0.4, 0.5) is 0 Å². The molecule has 0 fully saturated rings. The zero-order chi connectivity index (χ0) is 21.6. The van der Waals surface area contributed by atoms with Crippen molar-refractivity contribution in [1.82, 2.24) is 4.90 Å². The Morgan fingerprint density at radius 1 is 0.633 bits per heavy atom. The van der Waals surface area contributed by atoms with Crippen molar-refractivity contribution in [3.63, 3.8) is 0 Å². The van der Waals surface area contributed by atoms with E-state index in [1.165, 1.54) is 103 Å². The monoisotopic (exact) mass is 417 g/mol. The van der Waals surface area contributed by atoms with Gasteiger partial charge >= 0.3 is 18.9 Å². The van der Waals surface area contributed by atoms with Gasteiger partial charge in [0.2, 0.25) is 0 Å². The first-order valence-electron chi connectivity index (χ1n) is 13.1. The van der Waals surface area contributed by atoms with Crippen molar-refractivity contribution >= 4 is 5.97 Å². The maximum atomic E-state index is 11.3. The van der Waals surface area contributed by atoms with Crippen LogP contribution in [0.5, 0.6) is 0 Å². The second kappa shape index (κ2) is 25.3. The maximum Gasteiger partial charge on any atom is 1.00 e. The average molecular weight is 418 g/mol. The largest absolute Gasteiger partial charge is 1.00 e. The molecule has 0 aromatic rings. The zero-order valence-corrected chi connectivity index (χ0v) is 21.2. The average Bonchev–Trinajstić information content (AvgIpc) is 2.69. The molecule has 0 saturated carbocycles. The zero-order valence-electron chi connectivity index (χ0n) is 21.2. The van der Waals surface area contributed by atoms with Crippen LogP contribution >= 0.6 is 0 Å². The van der Waals surface area contributed by atoms with Crippen molar-refractivity contribution in [1.29, 1.82) is 0 Å². The van der Waals surface area contributed by atoms with Gasteiger partial charge in [-0.3, -0.25) is 0 Å². The first kappa shape index (κ1) is 32.2. The number of aliphatic carboxylic acids is 1. The Hall–Kier alpha value is 0.0274. The van der Waals surface area contributed by atoms with E-state index in [2.05, 4.69) is 25.7 Å². The SMILES string of the molecule is CCCCCCCCCCN(CCCCCCCCCC)C(CCC)CC(=O)[O-].[Li+]. The Kier molecular flexibility index (Phi) is 27.2. The minimum Gasteiger partial charge on any atom is -0.550 e. The minimum absolute atomic E-state index is 0. The van der Waals surface area contributed by atoms with Gasteiger partial charge in [-0.15, -0.1) is 0 Å². The molecule has 0 aliphatic heterocycles. The molecule has 0 aliphatic rings. The summed E-state index contributed by atoms with van der Waals surface area (Å²) in [7, 11) is 0. The third-order valence-electron chi connectivity index (χ3n) is 6.14. The molecule has 3 nitrogen and oxygen atoms in total. The van der Waals surface area contributed by atoms with Gasteiger partial charge in [0.25, 0.3) is 0 Å². The van der Waals surface area contributed by atoms with Crippen LogP contribution < -0.4 is 24.0 Å². The van der Waals surface area contributed by atoms with Crippen LogP contribution in [0.3, 0.4) is 0 Å². The van der Waals surface area contributed by atoms with Crippen LogP contribution in [-0.4, -0.2) is 30.0 Å². The summed E-state index contributed by atoms with van der Waals surface area (Å²) in [4.78, 5) is 13.7. The molecule has 30 heavy (non-hydrogen) atoms. The molecular weight excluding hydrogens is 365 g/mol. The number of carboxylic acid groups (broad SMARTS) is 1. The molecule has 0 amide bonds. The second-order valence-corrected chi connectivity index (χ2v) is 9.00. The summed E-state index contributed by atoms with van der Waals surface area (Å²) in [5.41, 5.74) is 0. The van der Waals surface area contributed by atoms with Crippen molar-refractivity contribution in [3.05, 3.63) is 0 Å². The molecule has 0 aromatic heterocycles. The third kappa shape index (κ3) is 21.3. The summed E-state index contributed by atoms with van der Waals surface area (Å²) in [6, 6.07) is 0.166. The molecule has 0 spiro atoms. The Morgan fingerprint density at radius 2 is 1.00 bits per heavy atom. The fourth-order valence-electron chi connectivity index (χ4n) is 4.31. The molecule has 0 aromatic carbocycles. The number of hydrogen-bond acceptors (Lipinski definition) is 3. The summed E-state index contributed by atoms with van der Waals surface area (Å²) in [5.74, 6) is -0.889. The Labute approximate surface area is 201 Å². The van der Waals surface area contributed by atoms with Gasteiger partial charge in [0.1, 0.15) is 0 Å². The van der Waals surface area contributed by atoms with Crippen molar-refractivity contribution < 1.29 is 28.8 Å². The van der Waals surface area contributed by atoms with Crippen LogP contribution in [0.1, 0.15) is 143 Å². The topological polar surface area (TPSA) is 43.4 Å². The number of carbonyl (C=O) groups is 1. The predicted molar refractivity (Wildman–Crippen MR) is 125 cm³/mol. The summed E-state index contributed by atoms with van der Waals surface area (Å²) in [5, 5.41) is 11.3. The smallest absolute Gasteiger partial charge is 0.550 e. The third-order valence-corrected chi connectivity index (χ3v) is 6.14. The molecular formula is C26H52LiNO2. The predicted octanol–water partition coefficient (Wildman–Crippen LogP) is 3.88. The molecule has 0 radical (unpaired) electrons. The molecule has 0 saturated heterocycles. The number of carbonyl (C=O) groups excluding carboxylic acids is 1. The van der Waals surface area contributed by atoms with Crippen LogP contribution in [0.2, 0.25) is 0 Å². The van der Waals surface area contributed by atoms with E-state index in [0.717, 1.165) is 25.9 Å². The van der Waals surface area contributed by atoms with E-state index in [1.54, 1.807) is 0 Å². The minimum atomic E-state index is -0.889.